The number of anilines is 2. The van der Waals surface area contributed by atoms with E-state index in [0.29, 0.717) is 70.9 Å². The van der Waals surface area contributed by atoms with Gasteiger partial charge in [0.25, 0.3) is 5.91 Å². The Labute approximate surface area is 185 Å². The van der Waals surface area contributed by atoms with Gasteiger partial charge >= 0.3 is 0 Å². The number of carbonyl (C=O) groups excluding carboxylic acids is 1. The van der Waals surface area contributed by atoms with E-state index in [4.69, 9.17) is 26.8 Å². The van der Waals surface area contributed by atoms with Gasteiger partial charge in [-0.1, -0.05) is 17.7 Å². The zero-order chi connectivity index (χ0) is 22.1. The van der Waals surface area contributed by atoms with E-state index in [1.807, 2.05) is 28.9 Å². The van der Waals surface area contributed by atoms with Crippen LogP contribution in [0, 0.1) is 6.92 Å². The van der Waals surface area contributed by atoms with Crippen LogP contribution in [-0.4, -0.2) is 61.2 Å². The number of aromatic nitrogens is 2. The van der Waals surface area contributed by atoms with E-state index in [2.05, 4.69) is 9.97 Å². The highest BCUT2D eigenvalue weighted by atomic mass is 35.5. The van der Waals surface area contributed by atoms with Crippen LogP contribution in [0.4, 0.5) is 11.8 Å². The second-order valence-electron chi connectivity index (χ2n) is 7.38. The number of rotatable bonds is 4. The van der Waals surface area contributed by atoms with Crippen LogP contribution >= 0.6 is 11.6 Å². The van der Waals surface area contributed by atoms with Gasteiger partial charge in [0.15, 0.2) is 11.5 Å². The molecule has 3 aromatic rings. The Morgan fingerprint density at radius 2 is 1.71 bits per heavy atom. The molecule has 2 heterocycles. The number of aryl methyl sites for hydroxylation is 1. The Morgan fingerprint density at radius 1 is 1.03 bits per heavy atom. The number of nitrogens with two attached hydrogens (primary N) is 1. The topological polar surface area (TPSA) is 93.8 Å². The number of nitrogen functional groups attached to an aromatic ring is 1. The van der Waals surface area contributed by atoms with Gasteiger partial charge in [0.05, 0.1) is 19.7 Å². The second-order valence-corrected chi connectivity index (χ2v) is 7.78. The summed E-state index contributed by atoms with van der Waals surface area (Å²) in [7, 11) is 3.15. The summed E-state index contributed by atoms with van der Waals surface area (Å²) in [5.74, 6) is 2.02. The van der Waals surface area contributed by atoms with Crippen molar-refractivity contribution < 1.29 is 14.3 Å². The molecule has 0 atom stereocenters. The monoisotopic (exact) mass is 441 g/mol. The molecule has 0 saturated carbocycles. The van der Waals surface area contributed by atoms with Crippen molar-refractivity contribution in [1.82, 2.24) is 14.9 Å². The summed E-state index contributed by atoms with van der Waals surface area (Å²) in [6.07, 6.45) is 0. The van der Waals surface area contributed by atoms with Gasteiger partial charge in [0.2, 0.25) is 5.95 Å². The van der Waals surface area contributed by atoms with E-state index in [1.54, 1.807) is 32.4 Å². The van der Waals surface area contributed by atoms with Crippen molar-refractivity contribution in [3.8, 4) is 11.5 Å². The highest BCUT2D eigenvalue weighted by molar-refractivity contribution is 6.31. The number of fused-ring (bicyclic) bond motifs is 1. The smallest absolute Gasteiger partial charge is 0.254 e. The molecular formula is C22H24ClN5O3. The van der Waals surface area contributed by atoms with E-state index in [9.17, 15) is 4.79 Å². The molecule has 1 fully saturated rings. The van der Waals surface area contributed by atoms with Crippen LogP contribution in [0.15, 0.2) is 30.3 Å². The lowest BCUT2D eigenvalue weighted by molar-refractivity contribution is 0.0746. The molecule has 31 heavy (non-hydrogen) atoms. The van der Waals surface area contributed by atoms with E-state index >= 15 is 0 Å². The zero-order valence-electron chi connectivity index (χ0n) is 17.7. The van der Waals surface area contributed by atoms with Gasteiger partial charge in [0.1, 0.15) is 5.82 Å². The number of amides is 1. The van der Waals surface area contributed by atoms with Crippen molar-refractivity contribution in [2.75, 3.05) is 51.0 Å². The third-order valence-electron chi connectivity index (χ3n) is 5.49. The van der Waals surface area contributed by atoms with Crippen LogP contribution in [0.1, 0.15) is 15.9 Å². The quantitative estimate of drug-likeness (QED) is 0.664. The van der Waals surface area contributed by atoms with Crippen molar-refractivity contribution in [3.63, 3.8) is 0 Å². The Balaban J connectivity index is 1.53. The number of hydrogen-bond acceptors (Lipinski definition) is 7. The molecule has 1 amide bonds. The summed E-state index contributed by atoms with van der Waals surface area (Å²) in [6.45, 7) is 4.22. The molecule has 0 unspecified atom stereocenters. The number of piperazine rings is 1. The van der Waals surface area contributed by atoms with Gasteiger partial charge in [-0.05, 0) is 30.7 Å². The molecule has 0 spiro atoms. The lowest BCUT2D eigenvalue weighted by Gasteiger charge is -2.35. The lowest BCUT2D eigenvalue weighted by Crippen LogP contribution is -2.49. The van der Waals surface area contributed by atoms with Crippen LogP contribution < -0.4 is 20.1 Å². The first kappa shape index (κ1) is 21.0. The average Bonchev–Trinajstić information content (AvgIpc) is 2.79. The zero-order valence-corrected chi connectivity index (χ0v) is 18.4. The molecule has 2 aromatic carbocycles. The van der Waals surface area contributed by atoms with Gasteiger partial charge in [-0.3, -0.25) is 4.79 Å². The fourth-order valence-electron chi connectivity index (χ4n) is 3.63. The maximum absolute atomic E-state index is 12.8. The molecule has 1 aromatic heterocycles. The number of hydrogen-bond donors (Lipinski definition) is 1. The molecule has 1 saturated heterocycles. The number of nitrogens with zero attached hydrogens (tertiary/aromatic N) is 4. The summed E-state index contributed by atoms with van der Waals surface area (Å²) in [4.78, 5) is 25.8. The van der Waals surface area contributed by atoms with E-state index in [1.165, 1.54) is 0 Å². The summed E-state index contributed by atoms with van der Waals surface area (Å²) in [5.41, 5.74) is 8.42. The fourth-order valence-corrected chi connectivity index (χ4v) is 3.81. The normalized spacial score (nSPS) is 14.1. The minimum absolute atomic E-state index is 0.0303. The number of ether oxygens (including phenoxy) is 2. The minimum Gasteiger partial charge on any atom is -0.493 e. The Hall–Kier alpha value is -3.26. The molecule has 1 aliphatic heterocycles. The van der Waals surface area contributed by atoms with Crippen molar-refractivity contribution in [3.05, 3.63) is 46.5 Å². The van der Waals surface area contributed by atoms with E-state index in [0.717, 1.165) is 5.56 Å². The number of halogens is 1. The highest BCUT2D eigenvalue weighted by Gasteiger charge is 2.24. The van der Waals surface area contributed by atoms with E-state index < -0.39 is 0 Å². The summed E-state index contributed by atoms with van der Waals surface area (Å²) in [6, 6.07) is 8.96. The van der Waals surface area contributed by atoms with Crippen LogP contribution in [0.3, 0.4) is 0 Å². The highest BCUT2D eigenvalue weighted by Crippen LogP contribution is 2.34. The standard InChI is InChI=1S/C22H24ClN5O3/c1-13-4-5-14(10-16(13)23)21(29)27-6-8-28(9-7-27)22-25-17-12-19(31-3)18(30-2)11-15(17)20(24)26-22/h4-5,10-12H,6-9H2,1-3H3,(H2,24,25,26). The first-order valence-electron chi connectivity index (χ1n) is 9.91. The van der Waals surface area contributed by atoms with Crippen molar-refractivity contribution >= 4 is 40.2 Å². The second kappa shape index (κ2) is 8.47. The van der Waals surface area contributed by atoms with Crippen LogP contribution in [-0.2, 0) is 0 Å². The Morgan fingerprint density at radius 3 is 2.35 bits per heavy atom. The van der Waals surface area contributed by atoms with Gasteiger partial charge in [-0.25, -0.2) is 4.98 Å². The first-order valence-corrected chi connectivity index (χ1v) is 10.3. The summed E-state index contributed by atoms with van der Waals surface area (Å²) in [5, 5.41) is 1.29. The number of methoxy groups -OCH3 is 2. The van der Waals surface area contributed by atoms with Crippen molar-refractivity contribution in [2.45, 2.75) is 6.92 Å². The predicted octanol–water partition coefficient (Wildman–Crippen LogP) is 3.15. The third-order valence-corrected chi connectivity index (χ3v) is 5.89. The molecule has 162 valence electrons. The predicted molar refractivity (Wildman–Crippen MR) is 121 cm³/mol. The SMILES string of the molecule is COc1cc2nc(N3CCN(C(=O)c4ccc(C)c(Cl)c4)CC3)nc(N)c2cc1OC. The maximum atomic E-state index is 12.8. The molecule has 0 aliphatic carbocycles. The minimum atomic E-state index is -0.0303. The molecule has 8 nitrogen and oxygen atoms in total. The maximum Gasteiger partial charge on any atom is 0.254 e. The Bertz CT molecular complexity index is 1150. The van der Waals surface area contributed by atoms with Gasteiger partial charge in [0, 0.05) is 48.2 Å². The molecular weight excluding hydrogens is 418 g/mol. The van der Waals surface area contributed by atoms with Crippen LogP contribution in [0.2, 0.25) is 5.02 Å². The first-order chi connectivity index (χ1) is 14.9. The van der Waals surface area contributed by atoms with Gasteiger partial charge in [-0.15, -0.1) is 0 Å². The largest absolute Gasteiger partial charge is 0.493 e. The fraction of sp³-hybridized carbons (Fsp3) is 0.318. The Kier molecular flexibility index (Phi) is 5.73. The average molecular weight is 442 g/mol. The van der Waals surface area contributed by atoms with Crippen LogP contribution in [0.25, 0.3) is 10.9 Å². The summed E-state index contributed by atoms with van der Waals surface area (Å²) < 4.78 is 10.7. The molecule has 1 aliphatic rings. The van der Waals surface area contributed by atoms with Gasteiger partial charge < -0.3 is 25.0 Å². The number of benzene rings is 2. The van der Waals surface area contributed by atoms with Gasteiger partial charge in [-0.2, -0.15) is 4.98 Å². The molecule has 2 N–H and O–H groups in total. The number of carbonyl (C=O) groups is 1. The molecule has 0 radical (unpaired) electrons. The van der Waals surface area contributed by atoms with Crippen LogP contribution in [0.5, 0.6) is 11.5 Å². The summed E-state index contributed by atoms with van der Waals surface area (Å²) >= 11 is 6.18. The molecule has 9 heteroatoms. The molecule has 0 bridgehead atoms. The third kappa shape index (κ3) is 4.03. The molecule has 4 rings (SSSR count). The van der Waals surface area contributed by atoms with E-state index in [-0.39, 0.29) is 5.91 Å². The lowest BCUT2D eigenvalue weighted by atomic mass is 10.1. The van der Waals surface area contributed by atoms with Crippen molar-refractivity contribution in [2.24, 2.45) is 0 Å². The van der Waals surface area contributed by atoms with Crippen molar-refractivity contribution in [1.29, 1.82) is 0 Å².